The highest BCUT2D eigenvalue weighted by atomic mass is 32.1. The smallest absolute Gasteiger partial charge is 0.270 e. The number of amides is 1. The van der Waals surface area contributed by atoms with Gasteiger partial charge in [-0.05, 0) is 43.0 Å². The summed E-state index contributed by atoms with van der Waals surface area (Å²) in [6, 6.07) is 17.7. The number of carbonyl (C=O) groups is 1. The van der Waals surface area contributed by atoms with Gasteiger partial charge in [0.15, 0.2) is 0 Å². The van der Waals surface area contributed by atoms with Crippen LogP contribution < -0.4 is 20.5 Å². The Bertz CT molecular complexity index is 1380. The summed E-state index contributed by atoms with van der Waals surface area (Å²) in [4.78, 5) is 35.6. The molecule has 0 bridgehead atoms. The number of carbonyl (C=O) groups excluding carboxylic acids is 1. The van der Waals surface area contributed by atoms with Crippen LogP contribution in [0.4, 0.5) is 5.95 Å². The van der Waals surface area contributed by atoms with Crippen molar-refractivity contribution in [2.24, 2.45) is 5.92 Å². The van der Waals surface area contributed by atoms with Crippen molar-refractivity contribution in [3.8, 4) is 16.9 Å². The van der Waals surface area contributed by atoms with Crippen molar-refractivity contribution in [1.29, 1.82) is 0 Å². The molecule has 0 saturated carbocycles. The van der Waals surface area contributed by atoms with Gasteiger partial charge >= 0.3 is 0 Å². The lowest BCUT2D eigenvalue weighted by Gasteiger charge is -2.32. The molecule has 7 nitrogen and oxygen atoms in total. The van der Waals surface area contributed by atoms with E-state index in [-0.39, 0.29) is 17.4 Å². The summed E-state index contributed by atoms with van der Waals surface area (Å²) in [5, 5.41) is 5.05. The normalized spacial score (nSPS) is 15.8. The Morgan fingerprint density at radius 1 is 1.23 bits per heavy atom. The van der Waals surface area contributed by atoms with E-state index in [2.05, 4.69) is 10.3 Å². The Morgan fingerprint density at radius 3 is 2.91 bits per heavy atom. The average molecular weight is 489 g/mol. The van der Waals surface area contributed by atoms with Gasteiger partial charge in [0, 0.05) is 30.6 Å². The van der Waals surface area contributed by atoms with E-state index >= 15 is 0 Å². The lowest BCUT2D eigenvalue weighted by molar-refractivity contribution is -0.125. The minimum Gasteiger partial charge on any atom is -0.494 e. The zero-order chi connectivity index (χ0) is 24.2. The third-order valence-corrected chi connectivity index (χ3v) is 7.23. The molecule has 2 aromatic carbocycles. The standard InChI is InChI=1S/C27H28N4O3S/c1-2-34-21-12-6-8-18(14-21)15-28-25(32)20-11-7-13-31(16-20)27-29-23-22(19-9-4-3-5-10-19)17-35-24(23)26(33)30-27/h3-6,8-10,12,14,17,20H,2,7,11,13,15-16H2,1H3,(H,28,32)(H,29,30,33). The van der Waals surface area contributed by atoms with E-state index in [0.717, 1.165) is 41.8 Å². The van der Waals surface area contributed by atoms with E-state index in [1.807, 2.05) is 71.8 Å². The number of hydrogen-bond donors (Lipinski definition) is 2. The summed E-state index contributed by atoms with van der Waals surface area (Å²) < 4.78 is 6.17. The van der Waals surface area contributed by atoms with Crippen LogP contribution in [0, 0.1) is 5.92 Å². The summed E-state index contributed by atoms with van der Waals surface area (Å²) >= 11 is 1.41. The molecule has 0 radical (unpaired) electrons. The summed E-state index contributed by atoms with van der Waals surface area (Å²) in [7, 11) is 0. The van der Waals surface area contributed by atoms with E-state index < -0.39 is 0 Å². The van der Waals surface area contributed by atoms with Crippen LogP contribution >= 0.6 is 11.3 Å². The second-order valence-corrected chi connectivity index (χ2v) is 9.55. The van der Waals surface area contributed by atoms with Gasteiger partial charge < -0.3 is 15.0 Å². The first-order chi connectivity index (χ1) is 17.1. The summed E-state index contributed by atoms with van der Waals surface area (Å²) in [6.45, 7) is 4.27. The molecule has 4 aromatic rings. The van der Waals surface area contributed by atoms with E-state index in [4.69, 9.17) is 9.72 Å². The van der Waals surface area contributed by atoms with E-state index in [0.29, 0.717) is 35.9 Å². The van der Waals surface area contributed by atoms with Crippen molar-refractivity contribution >= 4 is 33.4 Å². The number of thiophene rings is 1. The molecule has 0 aliphatic carbocycles. The predicted molar refractivity (Wildman–Crippen MR) is 140 cm³/mol. The van der Waals surface area contributed by atoms with Gasteiger partial charge in [-0.25, -0.2) is 4.98 Å². The number of benzene rings is 2. The topological polar surface area (TPSA) is 87.3 Å². The maximum Gasteiger partial charge on any atom is 0.270 e. The van der Waals surface area contributed by atoms with Crippen LogP contribution in [0.5, 0.6) is 5.75 Å². The molecule has 35 heavy (non-hydrogen) atoms. The van der Waals surface area contributed by atoms with Crippen LogP contribution in [0.15, 0.2) is 64.8 Å². The number of H-pyrrole nitrogens is 1. The minimum absolute atomic E-state index is 0.0143. The third-order valence-electron chi connectivity index (χ3n) is 6.27. The van der Waals surface area contributed by atoms with Gasteiger partial charge in [-0.3, -0.25) is 14.6 Å². The fraction of sp³-hybridized carbons (Fsp3) is 0.296. The Balaban J connectivity index is 1.31. The number of ether oxygens (including phenoxy) is 1. The Labute approximate surface area is 207 Å². The predicted octanol–water partition coefficient (Wildman–Crippen LogP) is 4.58. The molecule has 1 fully saturated rings. The maximum atomic E-state index is 13.0. The van der Waals surface area contributed by atoms with Crippen molar-refractivity contribution < 1.29 is 9.53 Å². The number of anilines is 1. The van der Waals surface area contributed by atoms with Crippen LogP contribution in [-0.2, 0) is 11.3 Å². The highest BCUT2D eigenvalue weighted by Crippen LogP contribution is 2.32. The van der Waals surface area contributed by atoms with Crippen LogP contribution in [0.3, 0.4) is 0 Å². The van der Waals surface area contributed by atoms with Gasteiger partial charge in [-0.15, -0.1) is 11.3 Å². The molecule has 0 spiro atoms. The zero-order valence-corrected chi connectivity index (χ0v) is 20.4. The first-order valence-corrected chi connectivity index (χ1v) is 12.8. The monoisotopic (exact) mass is 488 g/mol. The molecule has 1 saturated heterocycles. The van der Waals surface area contributed by atoms with Crippen molar-refractivity contribution in [2.75, 3.05) is 24.6 Å². The molecule has 1 amide bonds. The Kier molecular flexibility index (Phi) is 6.81. The number of piperidine rings is 1. The molecule has 1 unspecified atom stereocenters. The van der Waals surface area contributed by atoms with Crippen molar-refractivity contribution in [1.82, 2.24) is 15.3 Å². The summed E-state index contributed by atoms with van der Waals surface area (Å²) in [5.74, 6) is 1.17. The fourth-order valence-corrected chi connectivity index (χ4v) is 5.43. The molecule has 5 rings (SSSR count). The van der Waals surface area contributed by atoms with Crippen LogP contribution in [0.25, 0.3) is 21.3 Å². The number of fused-ring (bicyclic) bond motifs is 1. The summed E-state index contributed by atoms with van der Waals surface area (Å²) in [6.07, 6.45) is 1.66. The van der Waals surface area contributed by atoms with E-state index in [1.54, 1.807) is 0 Å². The SMILES string of the molecule is CCOc1cccc(CNC(=O)C2CCCN(c3nc4c(-c5ccccc5)csc4c(=O)[nH]3)C2)c1. The van der Waals surface area contributed by atoms with Gasteiger partial charge in [0.25, 0.3) is 5.56 Å². The van der Waals surface area contributed by atoms with Crippen molar-refractivity contribution in [3.63, 3.8) is 0 Å². The molecule has 2 aromatic heterocycles. The van der Waals surface area contributed by atoms with Crippen LogP contribution in [0.1, 0.15) is 25.3 Å². The molecule has 8 heteroatoms. The lowest BCUT2D eigenvalue weighted by Crippen LogP contribution is -2.44. The van der Waals surface area contributed by atoms with Gasteiger partial charge in [0.05, 0.1) is 18.0 Å². The number of aromatic amines is 1. The van der Waals surface area contributed by atoms with Gasteiger partial charge in [-0.1, -0.05) is 42.5 Å². The second-order valence-electron chi connectivity index (χ2n) is 8.67. The molecular formula is C27H28N4O3S. The number of aromatic nitrogens is 2. The highest BCUT2D eigenvalue weighted by molar-refractivity contribution is 7.17. The fourth-order valence-electron chi connectivity index (χ4n) is 4.52. The number of nitrogens with zero attached hydrogens (tertiary/aromatic N) is 2. The minimum atomic E-state index is -0.170. The molecule has 180 valence electrons. The molecule has 3 heterocycles. The molecular weight excluding hydrogens is 460 g/mol. The molecule has 2 N–H and O–H groups in total. The zero-order valence-electron chi connectivity index (χ0n) is 19.6. The first-order valence-electron chi connectivity index (χ1n) is 11.9. The number of hydrogen-bond acceptors (Lipinski definition) is 6. The Hall–Kier alpha value is -3.65. The lowest BCUT2D eigenvalue weighted by atomic mass is 9.97. The number of rotatable bonds is 7. The molecule has 1 aliphatic heterocycles. The second kappa shape index (κ2) is 10.3. The highest BCUT2D eigenvalue weighted by Gasteiger charge is 2.27. The third kappa shape index (κ3) is 5.07. The molecule has 1 atom stereocenters. The van der Waals surface area contributed by atoms with Gasteiger partial charge in [0.2, 0.25) is 11.9 Å². The quantitative estimate of drug-likeness (QED) is 0.398. The van der Waals surface area contributed by atoms with Crippen LogP contribution in [-0.4, -0.2) is 35.6 Å². The van der Waals surface area contributed by atoms with Gasteiger partial charge in [0.1, 0.15) is 10.4 Å². The summed E-state index contributed by atoms with van der Waals surface area (Å²) in [5.41, 5.74) is 3.56. The Morgan fingerprint density at radius 2 is 2.09 bits per heavy atom. The van der Waals surface area contributed by atoms with Crippen molar-refractivity contribution in [3.05, 3.63) is 75.9 Å². The van der Waals surface area contributed by atoms with Crippen LogP contribution in [0.2, 0.25) is 0 Å². The largest absolute Gasteiger partial charge is 0.494 e. The van der Waals surface area contributed by atoms with Gasteiger partial charge in [-0.2, -0.15) is 0 Å². The number of nitrogens with one attached hydrogen (secondary N) is 2. The molecule has 1 aliphatic rings. The van der Waals surface area contributed by atoms with Crippen molar-refractivity contribution in [2.45, 2.75) is 26.3 Å². The maximum absolute atomic E-state index is 13.0. The van der Waals surface area contributed by atoms with E-state index in [1.165, 1.54) is 11.3 Å². The van der Waals surface area contributed by atoms with E-state index in [9.17, 15) is 9.59 Å². The average Bonchev–Trinajstić information content (AvgIpc) is 3.33. The first kappa shape index (κ1) is 23.1.